The van der Waals surface area contributed by atoms with Gasteiger partial charge in [-0.3, -0.25) is 14.6 Å². The summed E-state index contributed by atoms with van der Waals surface area (Å²) < 4.78 is 0. The van der Waals surface area contributed by atoms with Crippen LogP contribution in [0.5, 0.6) is 0 Å². The van der Waals surface area contributed by atoms with Crippen LogP contribution in [0.4, 0.5) is 5.69 Å². The Kier molecular flexibility index (Phi) is 4.53. The molecule has 5 heteroatoms. The molecule has 0 bridgehead atoms. The van der Waals surface area contributed by atoms with Gasteiger partial charge >= 0.3 is 0 Å². The predicted octanol–water partition coefficient (Wildman–Crippen LogP) is 3.40. The van der Waals surface area contributed by atoms with E-state index in [1.165, 1.54) is 12.4 Å². The lowest BCUT2D eigenvalue weighted by molar-refractivity contribution is -0.136. The number of ketones is 1. The van der Waals surface area contributed by atoms with Gasteiger partial charge in [-0.05, 0) is 30.7 Å². The fraction of sp³-hybridized carbons (Fsp3) is 0.174. The number of carbonyl (C=O) groups excluding carboxylic acids is 2. The van der Waals surface area contributed by atoms with Crippen molar-refractivity contribution in [1.82, 2.24) is 4.98 Å². The second kappa shape index (κ2) is 7.02. The Morgan fingerprint density at radius 2 is 1.71 bits per heavy atom. The van der Waals surface area contributed by atoms with Gasteiger partial charge in [0, 0.05) is 23.5 Å². The molecule has 0 spiro atoms. The van der Waals surface area contributed by atoms with Gasteiger partial charge in [0.1, 0.15) is 0 Å². The van der Waals surface area contributed by atoms with E-state index < -0.39 is 11.5 Å². The van der Waals surface area contributed by atoms with Crippen molar-refractivity contribution in [1.29, 1.82) is 0 Å². The Labute approximate surface area is 163 Å². The topological polar surface area (TPSA) is 70.5 Å². The summed E-state index contributed by atoms with van der Waals surface area (Å²) in [7, 11) is 0. The Morgan fingerprint density at radius 1 is 1.04 bits per heavy atom. The molecule has 1 aliphatic rings. The molecule has 28 heavy (non-hydrogen) atoms. The third kappa shape index (κ3) is 3.10. The molecule has 1 unspecified atom stereocenters. The van der Waals surface area contributed by atoms with Crippen molar-refractivity contribution in [2.75, 3.05) is 4.90 Å². The van der Waals surface area contributed by atoms with Crippen molar-refractivity contribution in [3.8, 4) is 0 Å². The van der Waals surface area contributed by atoms with Crippen LogP contribution in [0.15, 0.2) is 73.1 Å². The quantitative estimate of drug-likeness (QED) is 0.697. The first-order chi connectivity index (χ1) is 13.5. The van der Waals surface area contributed by atoms with Gasteiger partial charge in [0.05, 0.1) is 18.7 Å². The average molecular weight is 372 g/mol. The van der Waals surface area contributed by atoms with Crippen LogP contribution in [0.2, 0.25) is 0 Å². The summed E-state index contributed by atoms with van der Waals surface area (Å²) in [5.74, 6) is -0.776. The van der Waals surface area contributed by atoms with E-state index in [9.17, 15) is 14.7 Å². The highest BCUT2D eigenvalue weighted by atomic mass is 16.3. The molecule has 140 valence electrons. The number of fused-ring (bicyclic) bond motifs is 1. The molecule has 5 nitrogen and oxygen atoms in total. The molecule has 3 aromatic rings. The van der Waals surface area contributed by atoms with E-state index in [0.717, 1.165) is 11.1 Å². The number of amides is 1. The van der Waals surface area contributed by atoms with Gasteiger partial charge in [-0.1, -0.05) is 48.0 Å². The number of hydrogen-bond donors (Lipinski definition) is 1. The number of rotatable bonds is 5. The second-order valence-electron chi connectivity index (χ2n) is 7.09. The number of para-hydroxylation sites is 1. The number of aryl methyl sites for hydroxylation is 1. The highest BCUT2D eigenvalue weighted by Gasteiger charge is 2.50. The van der Waals surface area contributed by atoms with Crippen molar-refractivity contribution < 1.29 is 14.7 Å². The Balaban J connectivity index is 1.68. The Morgan fingerprint density at radius 3 is 2.43 bits per heavy atom. The molecule has 1 amide bonds. The molecule has 0 aliphatic carbocycles. The van der Waals surface area contributed by atoms with Crippen LogP contribution in [0.3, 0.4) is 0 Å². The fourth-order valence-corrected chi connectivity index (χ4v) is 3.58. The maximum absolute atomic E-state index is 13.2. The van der Waals surface area contributed by atoms with Crippen LogP contribution in [-0.2, 0) is 16.9 Å². The lowest BCUT2D eigenvalue weighted by Crippen LogP contribution is -2.41. The summed E-state index contributed by atoms with van der Waals surface area (Å²) in [5.41, 5.74) is 1.75. The maximum atomic E-state index is 13.2. The van der Waals surface area contributed by atoms with Gasteiger partial charge in [0.25, 0.3) is 5.91 Å². The largest absolute Gasteiger partial charge is 0.375 e. The smallest absolute Gasteiger partial charge is 0.264 e. The molecule has 1 aliphatic heterocycles. The first kappa shape index (κ1) is 18.1. The zero-order chi connectivity index (χ0) is 19.7. The monoisotopic (exact) mass is 372 g/mol. The van der Waals surface area contributed by atoms with Crippen LogP contribution in [0.25, 0.3) is 0 Å². The van der Waals surface area contributed by atoms with Gasteiger partial charge in [-0.15, -0.1) is 0 Å². The van der Waals surface area contributed by atoms with Gasteiger partial charge in [-0.2, -0.15) is 0 Å². The number of Topliss-reactive ketones (excluding diaryl/α,β-unsaturated/α-hetero) is 1. The van der Waals surface area contributed by atoms with Crippen molar-refractivity contribution in [3.63, 3.8) is 0 Å². The number of aliphatic hydroxyl groups is 1. The van der Waals surface area contributed by atoms with E-state index in [2.05, 4.69) is 4.98 Å². The van der Waals surface area contributed by atoms with Crippen LogP contribution in [0.1, 0.15) is 33.5 Å². The lowest BCUT2D eigenvalue weighted by atomic mass is 9.88. The minimum Gasteiger partial charge on any atom is -0.375 e. The van der Waals surface area contributed by atoms with Crippen molar-refractivity contribution in [3.05, 3.63) is 95.3 Å². The van der Waals surface area contributed by atoms with Crippen molar-refractivity contribution in [2.45, 2.75) is 25.5 Å². The van der Waals surface area contributed by atoms with Crippen LogP contribution >= 0.6 is 0 Å². The Hall–Kier alpha value is -3.31. The summed E-state index contributed by atoms with van der Waals surface area (Å²) in [4.78, 5) is 31.4. The minimum absolute atomic E-state index is 0.301. The number of aromatic nitrogens is 1. The van der Waals surface area contributed by atoms with Gasteiger partial charge < -0.3 is 10.0 Å². The molecular formula is C23H20N2O3. The van der Waals surface area contributed by atoms with Crippen LogP contribution < -0.4 is 4.90 Å². The molecule has 2 heterocycles. The molecule has 4 rings (SSSR count). The minimum atomic E-state index is -1.87. The highest BCUT2D eigenvalue weighted by molar-refractivity contribution is 6.10. The molecule has 1 atom stereocenters. The van der Waals surface area contributed by atoms with Crippen molar-refractivity contribution in [2.24, 2.45) is 0 Å². The molecule has 1 aromatic heterocycles. The van der Waals surface area contributed by atoms with Gasteiger partial charge in [0.2, 0.25) is 0 Å². The SMILES string of the molecule is Cc1ccc(CN2C(=O)C(O)(CC(=O)c3ccncc3)c3ccccc32)cc1. The normalized spacial score (nSPS) is 18.2. The third-order valence-electron chi connectivity index (χ3n) is 5.12. The molecule has 2 aromatic carbocycles. The van der Waals surface area contributed by atoms with E-state index in [4.69, 9.17) is 0 Å². The third-order valence-corrected chi connectivity index (χ3v) is 5.12. The summed E-state index contributed by atoms with van der Waals surface area (Å²) >= 11 is 0. The average Bonchev–Trinajstić information content (AvgIpc) is 2.92. The molecular weight excluding hydrogens is 352 g/mol. The maximum Gasteiger partial charge on any atom is 0.264 e. The van der Waals surface area contributed by atoms with E-state index in [1.54, 1.807) is 35.2 Å². The van der Waals surface area contributed by atoms with Crippen molar-refractivity contribution >= 4 is 17.4 Å². The summed E-state index contributed by atoms with van der Waals surface area (Å²) in [6.45, 7) is 2.34. The van der Waals surface area contributed by atoms with Gasteiger partial charge in [0.15, 0.2) is 11.4 Å². The first-order valence-corrected chi connectivity index (χ1v) is 9.12. The van der Waals surface area contributed by atoms with E-state index in [1.807, 2.05) is 37.3 Å². The molecule has 0 saturated heterocycles. The predicted molar refractivity (Wildman–Crippen MR) is 106 cm³/mol. The molecule has 0 fully saturated rings. The zero-order valence-electron chi connectivity index (χ0n) is 15.5. The molecule has 0 saturated carbocycles. The van der Waals surface area contributed by atoms with E-state index in [0.29, 0.717) is 23.4 Å². The number of carbonyl (C=O) groups is 2. The number of benzene rings is 2. The van der Waals surface area contributed by atoms with Crippen LogP contribution in [0, 0.1) is 6.92 Å². The zero-order valence-corrected chi connectivity index (χ0v) is 15.5. The fourth-order valence-electron chi connectivity index (χ4n) is 3.58. The summed E-state index contributed by atoms with van der Waals surface area (Å²) in [5, 5.41) is 11.3. The summed E-state index contributed by atoms with van der Waals surface area (Å²) in [6.07, 6.45) is 2.73. The van der Waals surface area contributed by atoms with E-state index in [-0.39, 0.29) is 12.2 Å². The second-order valence-corrected chi connectivity index (χ2v) is 7.09. The molecule has 1 N–H and O–H groups in total. The Bertz CT molecular complexity index is 1030. The van der Waals surface area contributed by atoms with Gasteiger partial charge in [-0.25, -0.2) is 0 Å². The number of nitrogens with zero attached hydrogens (tertiary/aromatic N) is 2. The standard InChI is InChI=1S/C23H20N2O3/c1-16-6-8-17(9-7-16)15-25-20-5-3-2-4-19(20)23(28,22(25)27)14-21(26)18-10-12-24-13-11-18/h2-13,28H,14-15H2,1H3. The first-order valence-electron chi connectivity index (χ1n) is 9.12. The van der Waals surface area contributed by atoms with E-state index >= 15 is 0 Å². The highest BCUT2D eigenvalue weighted by Crippen LogP contribution is 2.43. The number of anilines is 1. The lowest BCUT2D eigenvalue weighted by Gasteiger charge is -2.23. The molecule has 0 radical (unpaired) electrons. The van der Waals surface area contributed by atoms with Crippen LogP contribution in [-0.4, -0.2) is 21.8 Å². The summed E-state index contributed by atoms with van der Waals surface area (Å²) in [6, 6.07) is 18.2. The number of pyridine rings is 1. The number of hydrogen-bond acceptors (Lipinski definition) is 4.